The number of carbonyl (C=O) groups is 2. The summed E-state index contributed by atoms with van der Waals surface area (Å²) in [7, 11) is -0.152. The highest BCUT2D eigenvalue weighted by Crippen LogP contribution is 2.67. The highest BCUT2D eigenvalue weighted by molar-refractivity contribution is 7.87. The number of rotatable bonds is 8. The van der Waals surface area contributed by atoms with Crippen LogP contribution in [0.25, 0.3) is 22.2 Å². The number of nitrogens with one attached hydrogen (secondary N) is 1. The zero-order valence-corrected chi connectivity index (χ0v) is 29.3. The summed E-state index contributed by atoms with van der Waals surface area (Å²) in [4.78, 5) is 32.9. The molecule has 0 radical (unpaired) electrons. The average molecular weight is 674 g/mol. The van der Waals surface area contributed by atoms with E-state index in [1.54, 1.807) is 27.0 Å². The molecular weight excluding hydrogens is 627 g/mol. The fraction of sp³-hybridized carbons (Fsp3) is 0.568. The van der Waals surface area contributed by atoms with Crippen molar-refractivity contribution in [2.45, 2.75) is 89.3 Å². The molecule has 2 bridgehead atoms. The lowest BCUT2D eigenvalue weighted by Crippen LogP contribution is -2.70. The molecule has 4 atom stereocenters. The minimum absolute atomic E-state index is 0.0778. The van der Waals surface area contributed by atoms with Crippen molar-refractivity contribution in [3.63, 3.8) is 0 Å². The van der Waals surface area contributed by atoms with E-state index in [-0.39, 0.29) is 37.0 Å². The van der Waals surface area contributed by atoms with Crippen LogP contribution in [0.4, 0.5) is 0 Å². The number of hydrogen-bond acceptors (Lipinski definition) is 6. The van der Waals surface area contributed by atoms with Crippen LogP contribution in [0.15, 0.2) is 36.4 Å². The summed E-state index contributed by atoms with van der Waals surface area (Å²) >= 11 is 0. The Hall–Kier alpha value is -3.41. The summed E-state index contributed by atoms with van der Waals surface area (Å²) in [6, 6.07) is 12.5. The number of nitrogens with zero attached hydrogens (tertiary/aromatic N) is 4. The molecule has 256 valence electrons. The summed E-state index contributed by atoms with van der Waals surface area (Å²) in [5.74, 6) is 0.839. The van der Waals surface area contributed by atoms with Crippen molar-refractivity contribution in [3.05, 3.63) is 53.1 Å². The van der Waals surface area contributed by atoms with Crippen molar-refractivity contribution in [3.8, 4) is 17.0 Å². The topological polar surface area (TPSA) is 104 Å². The number of likely N-dealkylation sites (N-methyl/N-ethyl adjacent to an activating group) is 1. The second-order valence-corrected chi connectivity index (χ2v) is 16.4. The lowest BCUT2D eigenvalue weighted by molar-refractivity contribution is -0.159. The maximum atomic E-state index is 14.8. The van der Waals surface area contributed by atoms with Crippen LogP contribution >= 0.6 is 0 Å². The lowest BCUT2D eigenvalue weighted by Gasteiger charge is -2.56. The number of aromatic nitrogens is 1. The number of hydrogen-bond donors (Lipinski definition) is 1. The monoisotopic (exact) mass is 673 g/mol. The zero-order chi connectivity index (χ0) is 33.5. The van der Waals surface area contributed by atoms with E-state index < -0.39 is 21.5 Å². The van der Waals surface area contributed by atoms with Gasteiger partial charge in [-0.1, -0.05) is 39.2 Å². The van der Waals surface area contributed by atoms with E-state index in [0.29, 0.717) is 18.0 Å². The molecule has 2 aliphatic carbocycles. The van der Waals surface area contributed by atoms with Crippen LogP contribution in [0.5, 0.6) is 5.75 Å². The van der Waals surface area contributed by atoms with Crippen molar-refractivity contribution >= 4 is 32.9 Å². The van der Waals surface area contributed by atoms with Gasteiger partial charge in [-0.2, -0.15) is 12.7 Å². The number of likely N-dealkylation sites (tertiary alicyclic amines) is 2. The largest absolute Gasteiger partial charge is 0.497 e. The van der Waals surface area contributed by atoms with E-state index in [1.807, 2.05) is 18.2 Å². The first-order chi connectivity index (χ1) is 23.1. The predicted molar refractivity (Wildman–Crippen MR) is 185 cm³/mol. The molecule has 4 unspecified atom stereocenters. The molecule has 1 N–H and O–H groups in total. The van der Waals surface area contributed by atoms with E-state index in [9.17, 15) is 18.0 Å². The Morgan fingerprint density at radius 3 is 2.44 bits per heavy atom. The van der Waals surface area contributed by atoms with Gasteiger partial charge in [-0.15, -0.1) is 0 Å². The molecule has 2 saturated carbocycles. The van der Waals surface area contributed by atoms with Gasteiger partial charge in [0.15, 0.2) is 0 Å². The molecule has 0 spiro atoms. The number of methoxy groups -OCH3 is 1. The summed E-state index contributed by atoms with van der Waals surface area (Å²) < 4.78 is 37.6. The minimum atomic E-state index is -3.98. The Bertz CT molecular complexity index is 1900. The highest BCUT2D eigenvalue weighted by atomic mass is 32.2. The van der Waals surface area contributed by atoms with Gasteiger partial charge in [0, 0.05) is 72.8 Å². The van der Waals surface area contributed by atoms with Crippen LogP contribution in [0.2, 0.25) is 0 Å². The second-order valence-electron chi connectivity index (χ2n) is 14.8. The molecule has 11 heteroatoms. The number of carbonyl (C=O) groups excluding carboxylic acids is 2. The Morgan fingerprint density at radius 1 is 1.02 bits per heavy atom. The SMILES string of the molecule is CCN(CC)S(=O)(=O)NC(=O)c1ccc2c(C3CCCCC3)c3n(c2c1)CC1(C(=O)N2C4CC2CN(C)C4)CC1c1cc(OC)ccc1-3. The van der Waals surface area contributed by atoms with Crippen LogP contribution < -0.4 is 9.46 Å². The fourth-order valence-electron chi connectivity index (χ4n) is 9.64. The third kappa shape index (κ3) is 4.82. The Morgan fingerprint density at radius 2 is 1.75 bits per heavy atom. The molecule has 8 rings (SSSR count). The summed E-state index contributed by atoms with van der Waals surface area (Å²) in [5, 5.41) is 1.09. The Labute approximate surface area is 283 Å². The molecule has 10 nitrogen and oxygen atoms in total. The second kappa shape index (κ2) is 11.6. The molecule has 4 fully saturated rings. The summed E-state index contributed by atoms with van der Waals surface area (Å²) in [5.41, 5.74) is 5.36. The Balaban J connectivity index is 1.29. The number of amides is 2. The van der Waals surface area contributed by atoms with Gasteiger partial charge in [-0.3, -0.25) is 9.59 Å². The van der Waals surface area contributed by atoms with Crippen molar-refractivity contribution in [1.82, 2.24) is 23.4 Å². The maximum Gasteiger partial charge on any atom is 0.304 e. The van der Waals surface area contributed by atoms with Crippen LogP contribution in [-0.4, -0.2) is 91.3 Å². The van der Waals surface area contributed by atoms with Gasteiger partial charge in [0.1, 0.15) is 5.75 Å². The quantitative estimate of drug-likeness (QED) is 0.358. The van der Waals surface area contributed by atoms with Crippen molar-refractivity contribution in [2.24, 2.45) is 5.41 Å². The first kappa shape index (κ1) is 31.8. The maximum absolute atomic E-state index is 14.8. The molecule has 3 aromatic rings. The van der Waals surface area contributed by atoms with E-state index in [2.05, 4.69) is 38.3 Å². The van der Waals surface area contributed by atoms with Crippen LogP contribution in [-0.2, 0) is 21.5 Å². The van der Waals surface area contributed by atoms with Gasteiger partial charge >= 0.3 is 10.2 Å². The normalized spacial score (nSPS) is 26.7. The van der Waals surface area contributed by atoms with Crippen LogP contribution in [0.1, 0.15) is 92.1 Å². The lowest BCUT2D eigenvalue weighted by atomic mass is 9.81. The van der Waals surface area contributed by atoms with Gasteiger partial charge < -0.3 is 19.1 Å². The third-order valence-electron chi connectivity index (χ3n) is 12.1. The Kier molecular flexibility index (Phi) is 7.69. The van der Waals surface area contributed by atoms with Gasteiger partial charge in [-0.05, 0) is 80.1 Å². The first-order valence-corrected chi connectivity index (χ1v) is 19.2. The minimum Gasteiger partial charge on any atom is -0.497 e. The standard InChI is InChI=1S/C37H47N5O5S/c1-5-40(6-2)48(45,46)38-35(43)24-12-14-29-32(16-24)41-22-37(36(44)42-25-17-26(42)21-39(3)20-25)19-31(37)30-18-27(47-4)13-15-28(30)34(41)33(29)23-10-8-7-9-11-23/h12-16,18,23,25-26,31H,5-11,17,19-22H2,1-4H3,(H,38,43). The summed E-state index contributed by atoms with van der Waals surface area (Å²) in [6.07, 6.45) is 7.62. The fourth-order valence-corrected chi connectivity index (χ4v) is 10.8. The van der Waals surface area contributed by atoms with Gasteiger partial charge in [0.05, 0.1) is 18.2 Å². The number of benzene rings is 2. The molecule has 48 heavy (non-hydrogen) atoms. The zero-order valence-electron chi connectivity index (χ0n) is 28.5. The predicted octanol–water partition coefficient (Wildman–Crippen LogP) is 5.08. The van der Waals surface area contributed by atoms with Gasteiger partial charge in [0.2, 0.25) is 5.91 Å². The van der Waals surface area contributed by atoms with Crippen LogP contribution in [0.3, 0.4) is 0 Å². The van der Waals surface area contributed by atoms with E-state index in [4.69, 9.17) is 4.74 Å². The molecule has 1 aromatic heterocycles. The molecule has 2 aromatic carbocycles. The molecule has 2 amide bonds. The van der Waals surface area contributed by atoms with Crippen molar-refractivity contribution in [1.29, 1.82) is 0 Å². The van der Waals surface area contributed by atoms with E-state index >= 15 is 0 Å². The number of piperazine rings is 1. The van der Waals surface area contributed by atoms with Gasteiger partial charge in [0.25, 0.3) is 5.91 Å². The van der Waals surface area contributed by atoms with Crippen LogP contribution in [0, 0.1) is 5.41 Å². The number of ether oxygens (including phenoxy) is 1. The molecular formula is C37H47N5O5S. The van der Waals surface area contributed by atoms with E-state index in [0.717, 1.165) is 66.7 Å². The highest BCUT2D eigenvalue weighted by Gasteiger charge is 2.66. The smallest absolute Gasteiger partial charge is 0.304 e. The first-order valence-electron chi connectivity index (χ1n) is 17.8. The molecule has 3 aliphatic heterocycles. The van der Waals surface area contributed by atoms with E-state index in [1.165, 1.54) is 34.7 Å². The van der Waals surface area contributed by atoms with Crippen molar-refractivity contribution in [2.75, 3.05) is 40.3 Å². The number of fused-ring (bicyclic) bond motifs is 9. The molecule has 2 saturated heterocycles. The number of piperidine rings is 1. The molecule has 5 aliphatic rings. The third-order valence-corrected chi connectivity index (χ3v) is 13.7. The summed E-state index contributed by atoms with van der Waals surface area (Å²) in [6.45, 7) is 6.39. The molecule has 4 heterocycles. The van der Waals surface area contributed by atoms with Gasteiger partial charge in [-0.25, -0.2) is 4.72 Å². The average Bonchev–Trinajstić information content (AvgIpc) is 3.75. The van der Waals surface area contributed by atoms with Crippen molar-refractivity contribution < 1.29 is 22.7 Å².